The molecular formula is C94H95BN4. The highest BCUT2D eigenvalue weighted by atomic mass is 15.2. The van der Waals surface area contributed by atoms with Crippen LogP contribution in [-0.2, 0) is 32.5 Å². The van der Waals surface area contributed by atoms with Crippen LogP contribution in [0.4, 0.5) is 34.1 Å². The van der Waals surface area contributed by atoms with Crippen molar-refractivity contribution in [3.05, 3.63) is 282 Å². The monoisotopic (exact) mass is 1290 g/mol. The molecule has 0 unspecified atom stereocenters. The Kier molecular flexibility index (Phi) is 16.5. The molecule has 4 nitrogen and oxygen atoms in total. The summed E-state index contributed by atoms with van der Waals surface area (Å²) < 4.78 is 0. The number of aromatic nitrogens is 2. The molecular weight excluding hydrogens is 1200 g/mol. The quantitative estimate of drug-likeness (QED) is 0.135. The third-order valence-electron chi connectivity index (χ3n) is 20.5. The lowest BCUT2D eigenvalue weighted by Gasteiger charge is -2.45. The van der Waals surface area contributed by atoms with Crippen molar-refractivity contribution in [3.8, 4) is 78.4 Å². The van der Waals surface area contributed by atoms with Crippen LogP contribution in [0.1, 0.15) is 158 Å². The molecule has 2 aliphatic heterocycles. The smallest absolute Gasteiger partial charge is 0.252 e. The number of fused-ring (bicyclic) bond motifs is 4. The van der Waals surface area contributed by atoms with Crippen LogP contribution in [-0.4, -0.2) is 16.7 Å². The van der Waals surface area contributed by atoms with Crippen molar-refractivity contribution in [3.63, 3.8) is 0 Å². The normalized spacial score (nSPS) is 13.3. The van der Waals surface area contributed by atoms with Gasteiger partial charge < -0.3 is 9.80 Å². The number of anilines is 6. The third kappa shape index (κ3) is 13.0. The first-order valence-electron chi connectivity index (χ1n) is 35.6. The van der Waals surface area contributed by atoms with E-state index in [1.807, 2.05) is 0 Å². The largest absolute Gasteiger partial charge is 0.311 e. The number of nitrogens with zero attached hydrogens (tertiary/aromatic N) is 4. The van der Waals surface area contributed by atoms with E-state index in [-0.39, 0.29) is 39.2 Å². The van der Waals surface area contributed by atoms with Crippen LogP contribution < -0.4 is 26.2 Å². The molecule has 0 amide bonds. The first-order chi connectivity index (χ1) is 46.8. The second kappa shape index (κ2) is 24.6. The molecule has 0 saturated carbocycles. The van der Waals surface area contributed by atoms with Crippen molar-refractivity contribution in [2.45, 2.75) is 157 Å². The van der Waals surface area contributed by atoms with Crippen LogP contribution in [0.25, 0.3) is 78.4 Å². The Morgan fingerprint density at radius 3 is 0.808 bits per heavy atom. The van der Waals surface area contributed by atoms with Gasteiger partial charge in [-0.3, -0.25) is 0 Å². The summed E-state index contributed by atoms with van der Waals surface area (Å²) in [5.41, 5.74) is 31.1. The maximum atomic E-state index is 5.99. The molecule has 2 aliphatic rings. The van der Waals surface area contributed by atoms with Gasteiger partial charge in [0.05, 0.1) is 11.4 Å². The Labute approximate surface area is 591 Å². The van der Waals surface area contributed by atoms with Gasteiger partial charge >= 0.3 is 0 Å². The highest BCUT2D eigenvalue weighted by Gasteiger charge is 2.45. The molecule has 99 heavy (non-hydrogen) atoms. The molecule has 0 saturated heterocycles. The minimum atomic E-state index is -0.170. The van der Waals surface area contributed by atoms with E-state index in [1.165, 1.54) is 49.8 Å². The summed E-state index contributed by atoms with van der Waals surface area (Å²) in [5, 5.41) is 0. The van der Waals surface area contributed by atoms with Crippen molar-refractivity contribution in [1.29, 1.82) is 0 Å². The minimum absolute atomic E-state index is 0.134. The molecule has 0 N–H and O–H groups in total. The zero-order chi connectivity index (χ0) is 69.9. The Balaban J connectivity index is 1.17. The first-order valence-corrected chi connectivity index (χ1v) is 35.6. The fourth-order valence-electron chi connectivity index (χ4n) is 14.4. The second-order valence-corrected chi connectivity index (χ2v) is 34.1. The lowest BCUT2D eigenvalue weighted by atomic mass is 9.33. The number of benzene rings is 11. The van der Waals surface area contributed by atoms with Gasteiger partial charge in [0, 0.05) is 50.8 Å². The van der Waals surface area contributed by atoms with Gasteiger partial charge in [-0.25, -0.2) is 9.97 Å². The molecule has 0 atom stereocenters. The van der Waals surface area contributed by atoms with Crippen LogP contribution in [0.15, 0.2) is 249 Å². The summed E-state index contributed by atoms with van der Waals surface area (Å²) in [6.07, 6.45) is 0. The molecule has 0 radical (unpaired) electrons. The van der Waals surface area contributed by atoms with E-state index < -0.39 is 0 Å². The maximum Gasteiger partial charge on any atom is 0.252 e. The fourth-order valence-corrected chi connectivity index (χ4v) is 14.4. The molecule has 1 aromatic heterocycles. The standard InChI is InChI=1S/C94H95BN4/c1-89(2,3)71-39-41-79-83(57-71)98(77-49-64(60-31-23-19-24-32-60)43-65(50-77)61-33-25-20-26-34-61)85-53-70(88-96-81(68-45-73(91(7,8)9)55-74(46-68)92(10,11)12)59-82(97-88)69-47-75(93(13,14)15)56-76(48-69)94(16,17)18)54-86-87(85)95(79)80-42-40-72(90(4,5)6)58-84(80)99(86)78-51-66(62-35-27-21-28-36-62)44-67(52-78)63-37-29-22-30-38-63/h19-59H,1-18H3. The molecule has 12 aromatic rings. The molecule has 0 fully saturated rings. The zero-order valence-electron chi connectivity index (χ0n) is 61.5. The maximum absolute atomic E-state index is 5.99. The van der Waals surface area contributed by atoms with Crippen molar-refractivity contribution in [1.82, 2.24) is 9.97 Å². The van der Waals surface area contributed by atoms with Gasteiger partial charge in [0.25, 0.3) is 6.71 Å². The Bertz CT molecular complexity index is 4570. The van der Waals surface area contributed by atoms with E-state index in [0.717, 1.165) is 107 Å². The SMILES string of the molecule is CC(C)(C)c1cc(-c2cc(-c3cc(C(C)(C)C)cc(C(C)(C)C)c3)nc(-c3cc4c5c(c3)N(c3cc(-c6ccccc6)cc(-c6ccccc6)c3)c3cc(C(C)(C)C)ccc3B5c3ccc(C(C)(C)C)cc3N4c3cc(-c4ccccc4)cc(-c4ccccc4)c3)n2)cc(C(C)(C)C)c1. The predicted octanol–water partition coefficient (Wildman–Crippen LogP) is 24.0. The molecule has 494 valence electrons. The summed E-state index contributed by atoms with van der Waals surface area (Å²) in [6, 6.07) is 94.4. The van der Waals surface area contributed by atoms with Crippen LogP contribution in [0, 0.1) is 0 Å². The number of hydrogen-bond donors (Lipinski definition) is 0. The number of hydrogen-bond acceptors (Lipinski definition) is 4. The summed E-state index contributed by atoms with van der Waals surface area (Å²) >= 11 is 0. The van der Waals surface area contributed by atoms with Crippen LogP contribution in [0.2, 0.25) is 0 Å². The van der Waals surface area contributed by atoms with Crippen molar-refractivity contribution >= 4 is 57.2 Å². The van der Waals surface area contributed by atoms with E-state index in [4.69, 9.17) is 9.97 Å². The molecule has 11 aromatic carbocycles. The topological polar surface area (TPSA) is 32.3 Å². The Hall–Kier alpha value is -9.84. The van der Waals surface area contributed by atoms with Crippen LogP contribution in [0.5, 0.6) is 0 Å². The van der Waals surface area contributed by atoms with Gasteiger partial charge in [-0.1, -0.05) is 282 Å². The summed E-state index contributed by atoms with van der Waals surface area (Å²) in [6.45, 7) is 41.8. The summed E-state index contributed by atoms with van der Waals surface area (Å²) in [4.78, 5) is 17.2. The van der Waals surface area contributed by atoms with Crippen molar-refractivity contribution < 1.29 is 0 Å². The average molecular weight is 1290 g/mol. The molecule has 0 aliphatic carbocycles. The van der Waals surface area contributed by atoms with Gasteiger partial charge in [-0.2, -0.15) is 0 Å². The second-order valence-electron chi connectivity index (χ2n) is 34.1. The molecule has 5 heteroatoms. The first kappa shape index (κ1) is 66.4. The van der Waals surface area contributed by atoms with E-state index >= 15 is 0 Å². The highest BCUT2D eigenvalue weighted by Crippen LogP contribution is 2.50. The number of rotatable bonds is 9. The van der Waals surface area contributed by atoms with Gasteiger partial charge in [0.1, 0.15) is 0 Å². The summed E-state index contributed by atoms with van der Waals surface area (Å²) in [7, 11) is 0. The molecule has 3 heterocycles. The van der Waals surface area contributed by atoms with Crippen LogP contribution in [0.3, 0.4) is 0 Å². The molecule has 0 spiro atoms. The van der Waals surface area contributed by atoms with E-state index in [0.29, 0.717) is 5.82 Å². The van der Waals surface area contributed by atoms with Gasteiger partial charge in [0.2, 0.25) is 0 Å². The predicted molar refractivity (Wildman–Crippen MR) is 426 cm³/mol. The summed E-state index contributed by atoms with van der Waals surface area (Å²) in [5.74, 6) is 0.657. The minimum Gasteiger partial charge on any atom is -0.311 e. The third-order valence-corrected chi connectivity index (χ3v) is 20.5. The van der Waals surface area contributed by atoms with Gasteiger partial charge in [-0.15, -0.1) is 0 Å². The zero-order valence-corrected chi connectivity index (χ0v) is 61.5. The van der Waals surface area contributed by atoms with Crippen molar-refractivity contribution in [2.24, 2.45) is 0 Å². The average Bonchev–Trinajstić information content (AvgIpc) is 0.693. The highest BCUT2D eigenvalue weighted by molar-refractivity contribution is 7.00. The van der Waals surface area contributed by atoms with Crippen molar-refractivity contribution in [2.75, 3.05) is 9.80 Å². The van der Waals surface area contributed by atoms with E-state index in [2.05, 4.69) is 383 Å². The lowest BCUT2D eigenvalue weighted by Crippen LogP contribution is -2.61. The Morgan fingerprint density at radius 1 is 0.232 bits per heavy atom. The fraction of sp³-hybridized carbons (Fsp3) is 0.255. The van der Waals surface area contributed by atoms with Gasteiger partial charge in [-0.05, 0) is 218 Å². The van der Waals surface area contributed by atoms with E-state index in [1.54, 1.807) is 0 Å². The van der Waals surface area contributed by atoms with Gasteiger partial charge in [0.15, 0.2) is 5.82 Å². The van der Waals surface area contributed by atoms with E-state index in [9.17, 15) is 0 Å². The molecule has 0 bridgehead atoms. The lowest BCUT2D eigenvalue weighted by molar-refractivity contribution is 0.568. The molecule has 14 rings (SSSR count). The Morgan fingerprint density at radius 2 is 0.525 bits per heavy atom. The van der Waals surface area contributed by atoms with Crippen LogP contribution >= 0.6 is 0 Å².